The second-order valence-corrected chi connectivity index (χ2v) is 9.51. The predicted molar refractivity (Wildman–Crippen MR) is 129 cm³/mol. The fourth-order valence-electron chi connectivity index (χ4n) is 5.27. The number of carbonyl (C=O) groups excluding carboxylic acids is 1. The van der Waals surface area contributed by atoms with Crippen molar-refractivity contribution in [3.63, 3.8) is 0 Å². The molecule has 0 bridgehead atoms. The van der Waals surface area contributed by atoms with Gasteiger partial charge in [-0.25, -0.2) is 10.4 Å². The molecular weight excluding hydrogens is 441 g/mol. The maximum absolute atomic E-state index is 14.6. The molecule has 0 aliphatic carbocycles. The number of fused-ring (bicyclic) bond motifs is 1. The molecule has 1 aromatic heterocycles. The molecule has 1 amide bonds. The molecule has 2 fully saturated rings. The minimum absolute atomic E-state index is 0.0994. The van der Waals surface area contributed by atoms with E-state index in [4.69, 9.17) is 0 Å². The topological polar surface area (TPSA) is 75.8 Å². The number of nitrogens with one attached hydrogen (secondary N) is 3. The van der Waals surface area contributed by atoms with Gasteiger partial charge in [-0.1, -0.05) is 6.58 Å². The first kappa shape index (κ1) is 22.2. The van der Waals surface area contributed by atoms with Crippen molar-refractivity contribution in [2.45, 2.75) is 25.3 Å². The largest absolute Gasteiger partial charge is 0.368 e. The lowest BCUT2D eigenvalue weighted by atomic mass is 10.0. The van der Waals surface area contributed by atoms with Crippen molar-refractivity contribution in [2.24, 2.45) is 5.92 Å². The summed E-state index contributed by atoms with van der Waals surface area (Å²) in [5.41, 5.74) is 7.02. The van der Waals surface area contributed by atoms with E-state index in [-0.39, 0.29) is 11.6 Å². The van der Waals surface area contributed by atoms with Gasteiger partial charge >= 0.3 is 0 Å². The van der Waals surface area contributed by atoms with Crippen LogP contribution in [0.4, 0.5) is 10.1 Å². The molecule has 0 aromatic carbocycles. The fourth-order valence-corrected chi connectivity index (χ4v) is 5.58. The summed E-state index contributed by atoms with van der Waals surface area (Å²) in [6.45, 7) is 8.53. The zero-order valence-corrected chi connectivity index (χ0v) is 19.7. The second-order valence-electron chi connectivity index (χ2n) is 8.97. The number of rotatable bonds is 4. The molecule has 8 nitrogen and oxygen atoms in total. The summed E-state index contributed by atoms with van der Waals surface area (Å²) >= 11 is 4.54. The number of hydrogen-bond donors (Lipinski definition) is 4. The van der Waals surface area contributed by atoms with Crippen molar-refractivity contribution in [3.05, 3.63) is 58.5 Å². The Morgan fingerprint density at radius 3 is 2.79 bits per heavy atom. The average molecular weight is 472 g/mol. The van der Waals surface area contributed by atoms with E-state index in [0.717, 1.165) is 68.3 Å². The van der Waals surface area contributed by atoms with Crippen LogP contribution in [0.2, 0.25) is 0 Å². The van der Waals surface area contributed by atoms with Crippen molar-refractivity contribution >= 4 is 24.2 Å². The molecule has 5 heterocycles. The average Bonchev–Trinajstić information content (AvgIpc) is 3.46. The lowest BCUT2D eigenvalue weighted by molar-refractivity contribution is 0.0957. The predicted octanol–water partition coefficient (Wildman–Crippen LogP) is 1.79. The van der Waals surface area contributed by atoms with E-state index < -0.39 is 5.95 Å². The third-order valence-electron chi connectivity index (χ3n) is 7.05. The van der Waals surface area contributed by atoms with Crippen LogP contribution in [0.1, 0.15) is 29.8 Å². The maximum atomic E-state index is 14.6. The highest BCUT2D eigenvalue weighted by Crippen LogP contribution is 2.34. The maximum Gasteiger partial charge on any atom is 0.269 e. The van der Waals surface area contributed by atoms with Crippen LogP contribution in [-0.4, -0.2) is 66.6 Å². The van der Waals surface area contributed by atoms with E-state index in [0.29, 0.717) is 17.6 Å². The molecule has 2 saturated heterocycles. The number of pyridine rings is 1. The molecule has 10 heteroatoms. The summed E-state index contributed by atoms with van der Waals surface area (Å²) in [4.78, 5) is 21.1. The molecular formula is C23H30FN7OS. The van der Waals surface area contributed by atoms with E-state index in [2.05, 4.69) is 51.4 Å². The third-order valence-corrected chi connectivity index (χ3v) is 7.42. The van der Waals surface area contributed by atoms with E-state index in [1.54, 1.807) is 12.1 Å². The van der Waals surface area contributed by atoms with Crippen LogP contribution in [-0.2, 0) is 0 Å². The Morgan fingerprint density at radius 1 is 1.27 bits per heavy atom. The monoisotopic (exact) mass is 471 g/mol. The highest BCUT2D eigenvalue weighted by molar-refractivity contribution is 7.84. The Balaban J connectivity index is 1.18. The number of thiol groups is 1. The van der Waals surface area contributed by atoms with Crippen LogP contribution in [0.15, 0.2) is 46.9 Å². The molecule has 1 atom stereocenters. The van der Waals surface area contributed by atoms with Crippen molar-refractivity contribution in [3.8, 4) is 0 Å². The van der Waals surface area contributed by atoms with Gasteiger partial charge in [0, 0.05) is 62.0 Å². The van der Waals surface area contributed by atoms with E-state index in [1.165, 1.54) is 12.7 Å². The van der Waals surface area contributed by atoms with E-state index >= 15 is 0 Å². The number of amides is 1. The van der Waals surface area contributed by atoms with Gasteiger partial charge in [-0.15, -0.1) is 12.6 Å². The van der Waals surface area contributed by atoms with Gasteiger partial charge in [-0.3, -0.25) is 14.7 Å². The van der Waals surface area contributed by atoms with Crippen molar-refractivity contribution in [2.75, 3.05) is 44.7 Å². The van der Waals surface area contributed by atoms with Gasteiger partial charge in [0.15, 0.2) is 0 Å². The number of halogens is 1. The summed E-state index contributed by atoms with van der Waals surface area (Å²) in [5.74, 6) is -0.529. The summed E-state index contributed by atoms with van der Waals surface area (Å²) in [7, 11) is 1.51. The first-order valence-corrected chi connectivity index (χ1v) is 11.9. The van der Waals surface area contributed by atoms with Gasteiger partial charge in [0.25, 0.3) is 5.91 Å². The van der Waals surface area contributed by atoms with Gasteiger partial charge in [0.05, 0.1) is 17.1 Å². The molecule has 0 radical (unpaired) electrons. The number of hydrazine groups is 1. The molecule has 4 aliphatic rings. The van der Waals surface area contributed by atoms with Crippen LogP contribution >= 0.6 is 12.6 Å². The number of piperidine rings is 1. The molecule has 1 unspecified atom stereocenters. The van der Waals surface area contributed by atoms with Gasteiger partial charge in [0.2, 0.25) is 5.95 Å². The number of likely N-dealkylation sites (tertiary alicyclic amines) is 1. The zero-order chi connectivity index (χ0) is 23.1. The van der Waals surface area contributed by atoms with Gasteiger partial charge < -0.3 is 15.5 Å². The first-order valence-electron chi connectivity index (χ1n) is 11.4. The Kier molecular flexibility index (Phi) is 6.07. The fraction of sp³-hybridized carbons (Fsp3) is 0.478. The Bertz CT molecular complexity index is 1030. The van der Waals surface area contributed by atoms with Crippen molar-refractivity contribution < 1.29 is 9.18 Å². The quantitative estimate of drug-likeness (QED) is 0.394. The number of carbonyl (C=O) groups is 1. The summed E-state index contributed by atoms with van der Waals surface area (Å²) in [6.07, 6.45) is 5.20. The van der Waals surface area contributed by atoms with Crippen LogP contribution in [0.25, 0.3) is 0 Å². The Labute approximate surface area is 199 Å². The third kappa shape index (κ3) is 4.22. The number of anilines is 1. The molecule has 4 aliphatic heterocycles. The smallest absolute Gasteiger partial charge is 0.269 e. The van der Waals surface area contributed by atoms with Crippen LogP contribution < -0.4 is 21.0 Å². The normalized spacial score (nSPS) is 24.2. The highest BCUT2D eigenvalue weighted by Gasteiger charge is 2.35. The Hall–Kier alpha value is -2.56. The molecule has 176 valence electrons. The van der Waals surface area contributed by atoms with E-state index in [1.807, 2.05) is 9.91 Å². The summed E-state index contributed by atoms with van der Waals surface area (Å²) in [5, 5.41) is 8.01. The standard InChI is InChI=1S/C23H30FN7OS/c1-14-21-20(33)11-26-31(21)13-18(27-14)15-5-8-30(12-15)16-6-9-29(10-7-16)19-4-3-17(23(32)25-2)28-22(19)24/h3-4,13,15-16,26-27,33H,1,5-12H2,2H3,(H,25,32). The molecule has 0 saturated carbocycles. The van der Waals surface area contributed by atoms with Crippen LogP contribution in [0, 0.1) is 11.9 Å². The number of nitrogens with zero attached hydrogens (tertiary/aromatic N) is 4. The SMILES string of the molecule is C=C1NC(C2CCN(C3CCN(c4ccc(C(=O)NC)nc4F)CC3)C2)=CN2NCC(S)=C12. The molecule has 1 aromatic rings. The zero-order valence-electron chi connectivity index (χ0n) is 18.8. The van der Waals surface area contributed by atoms with Crippen molar-refractivity contribution in [1.29, 1.82) is 0 Å². The van der Waals surface area contributed by atoms with Gasteiger partial charge in [-0.2, -0.15) is 4.39 Å². The second kappa shape index (κ2) is 9.00. The molecule has 5 rings (SSSR count). The molecule has 3 N–H and O–H groups in total. The highest BCUT2D eigenvalue weighted by atomic mass is 32.1. The van der Waals surface area contributed by atoms with E-state index in [9.17, 15) is 9.18 Å². The minimum atomic E-state index is -0.584. The molecule has 0 spiro atoms. The summed E-state index contributed by atoms with van der Waals surface area (Å²) < 4.78 is 14.6. The lowest BCUT2D eigenvalue weighted by Gasteiger charge is -2.38. The van der Waals surface area contributed by atoms with Crippen molar-refractivity contribution in [1.82, 2.24) is 31.0 Å². The van der Waals surface area contributed by atoms with Crippen LogP contribution in [0.3, 0.4) is 0 Å². The Morgan fingerprint density at radius 2 is 2.06 bits per heavy atom. The first-order chi connectivity index (χ1) is 15.9. The number of aromatic nitrogens is 1. The lowest BCUT2D eigenvalue weighted by Crippen LogP contribution is -2.44. The number of hydrogen-bond acceptors (Lipinski definition) is 8. The molecule has 33 heavy (non-hydrogen) atoms. The minimum Gasteiger partial charge on any atom is -0.368 e. The van der Waals surface area contributed by atoms with Gasteiger partial charge in [0.1, 0.15) is 5.69 Å². The van der Waals surface area contributed by atoms with Crippen LogP contribution in [0.5, 0.6) is 0 Å². The van der Waals surface area contributed by atoms with Gasteiger partial charge in [-0.05, 0) is 37.9 Å². The summed E-state index contributed by atoms with van der Waals surface area (Å²) in [6, 6.07) is 3.74.